The minimum absolute atomic E-state index is 0.178. The van der Waals surface area contributed by atoms with Gasteiger partial charge < -0.3 is 9.87 Å². The molecule has 0 atom stereocenters. The number of anilines is 1. The van der Waals surface area contributed by atoms with Gasteiger partial charge in [-0.05, 0) is 60.9 Å². The van der Waals surface area contributed by atoms with Crippen LogP contribution in [0.3, 0.4) is 0 Å². The van der Waals surface area contributed by atoms with Crippen LogP contribution < -0.4 is 9.80 Å². The van der Waals surface area contributed by atoms with Crippen molar-refractivity contribution in [2.75, 3.05) is 19.4 Å². The lowest BCUT2D eigenvalue weighted by molar-refractivity contribution is 0.463. The first-order valence-corrected chi connectivity index (χ1v) is 14.6. The summed E-state index contributed by atoms with van der Waals surface area (Å²) in [5.74, 6) is 0. The van der Waals surface area contributed by atoms with E-state index in [9.17, 15) is 13.0 Å². The number of nitrogens with one attached hydrogen (secondary N) is 1. The van der Waals surface area contributed by atoms with Gasteiger partial charge in [-0.2, -0.15) is 0 Å². The number of fused-ring (bicyclic) bond motifs is 3. The molecule has 0 fully saturated rings. The van der Waals surface area contributed by atoms with Crippen molar-refractivity contribution in [3.05, 3.63) is 120 Å². The van der Waals surface area contributed by atoms with E-state index in [1.54, 1.807) is 12.1 Å². The Morgan fingerprint density at radius 3 is 2.21 bits per heavy atom. The van der Waals surface area contributed by atoms with Gasteiger partial charge in [-0.3, -0.25) is 4.48 Å². The summed E-state index contributed by atoms with van der Waals surface area (Å²) in [6.07, 6.45) is 7.89. The number of likely N-dealkylation sites (N-methyl/N-ethyl adjacent to an activating group) is 1. The Balaban J connectivity index is 0.000000270. The average Bonchev–Trinajstić information content (AvgIpc) is 3.14. The van der Waals surface area contributed by atoms with E-state index < -0.39 is 10.1 Å². The van der Waals surface area contributed by atoms with Gasteiger partial charge in [0.25, 0.3) is 0 Å². The van der Waals surface area contributed by atoms with Gasteiger partial charge in [0, 0.05) is 29.6 Å². The zero-order valence-electron chi connectivity index (χ0n) is 23.0. The van der Waals surface area contributed by atoms with Crippen LogP contribution in [0, 0.1) is 6.92 Å². The van der Waals surface area contributed by atoms with Gasteiger partial charge in [0.1, 0.15) is 21.5 Å². The highest BCUT2D eigenvalue weighted by atomic mass is 32.2. The maximum atomic E-state index is 10.4. The highest BCUT2D eigenvalue weighted by molar-refractivity contribution is 7.85. The van der Waals surface area contributed by atoms with Gasteiger partial charge in [-0.25, -0.2) is 8.42 Å². The number of rotatable bonds is 7. The van der Waals surface area contributed by atoms with Crippen LogP contribution in [0.5, 0.6) is 0 Å². The van der Waals surface area contributed by atoms with Crippen molar-refractivity contribution < 1.29 is 13.0 Å². The average molecular weight is 541 g/mol. The molecule has 0 spiro atoms. The van der Waals surface area contributed by atoms with E-state index in [0.29, 0.717) is 0 Å². The standard InChI is InChI=1S/C26H29N2.C7H8O3S/c1-4-5-14-23-24(18-19-27-21-12-7-6-8-13-21)28(2,3)25-17-16-20-11-9-10-15-22(20)26(23)25;1-6-2-4-7(5-3-6)11(8,9)10/h6-13,15-19,27H,4-5,14H2,1-3H3;2-5H,1H3,(H,8,9,10)/q+1;/p-1/b19-18+;. The molecule has 0 bridgehead atoms. The Hall–Kier alpha value is -3.71. The molecule has 0 saturated carbocycles. The van der Waals surface area contributed by atoms with E-state index >= 15 is 0 Å². The molecule has 5 rings (SSSR count). The highest BCUT2D eigenvalue weighted by Crippen LogP contribution is 2.48. The Bertz CT molecular complexity index is 1600. The fourth-order valence-corrected chi connectivity index (χ4v) is 5.46. The van der Waals surface area contributed by atoms with Crippen molar-refractivity contribution in [3.8, 4) is 0 Å². The predicted molar refractivity (Wildman–Crippen MR) is 162 cm³/mol. The number of nitrogens with zero attached hydrogens (tertiary/aromatic N) is 1. The first-order chi connectivity index (χ1) is 18.6. The molecular formula is C33H36N2O3S. The van der Waals surface area contributed by atoms with Crippen molar-refractivity contribution in [1.82, 2.24) is 4.48 Å². The lowest BCUT2D eigenvalue weighted by Crippen LogP contribution is -2.36. The molecule has 0 unspecified atom stereocenters. The quantitative estimate of drug-likeness (QED) is 0.191. The van der Waals surface area contributed by atoms with Crippen LogP contribution in [0.15, 0.2) is 114 Å². The first-order valence-electron chi connectivity index (χ1n) is 13.2. The molecule has 0 saturated heterocycles. The van der Waals surface area contributed by atoms with Crippen LogP contribution in [0.25, 0.3) is 16.3 Å². The van der Waals surface area contributed by atoms with Gasteiger partial charge >= 0.3 is 0 Å². The zero-order chi connectivity index (χ0) is 28.0. The van der Waals surface area contributed by atoms with Crippen molar-refractivity contribution in [3.63, 3.8) is 0 Å². The number of hydrogen-bond acceptors (Lipinski definition) is 4. The lowest BCUT2D eigenvalue weighted by atomic mass is 9.94. The Morgan fingerprint density at radius 2 is 1.54 bits per heavy atom. The SMILES string of the molecule is CCCCC1=C(/C=C/Nc2ccccc2)[N+](C)(C)c2ccc3ccccc3c21.Cc1ccc(S(=O)(=O)[O-])cc1. The molecule has 4 aromatic rings. The normalized spacial score (nSPS) is 14.3. The second-order valence-electron chi connectivity index (χ2n) is 10.2. The number of unbranched alkanes of at least 4 members (excludes halogenated alkanes) is 1. The third-order valence-corrected chi connectivity index (χ3v) is 7.93. The summed E-state index contributed by atoms with van der Waals surface area (Å²) in [7, 11) is 0.331. The highest BCUT2D eigenvalue weighted by Gasteiger charge is 2.38. The molecule has 0 radical (unpaired) electrons. The Morgan fingerprint density at radius 1 is 0.872 bits per heavy atom. The summed E-state index contributed by atoms with van der Waals surface area (Å²) < 4.78 is 31.9. The second-order valence-corrected chi connectivity index (χ2v) is 11.6. The van der Waals surface area contributed by atoms with Crippen molar-refractivity contribution in [2.45, 2.75) is 38.0 Å². The summed E-state index contributed by atoms with van der Waals surface area (Å²) in [6, 6.07) is 29.5. The number of benzene rings is 4. The topological polar surface area (TPSA) is 69.2 Å². The lowest BCUT2D eigenvalue weighted by Gasteiger charge is -2.26. The van der Waals surface area contributed by atoms with E-state index in [0.717, 1.165) is 22.2 Å². The molecule has 4 aromatic carbocycles. The number of para-hydroxylation sites is 1. The van der Waals surface area contributed by atoms with Crippen LogP contribution in [-0.2, 0) is 10.1 Å². The minimum Gasteiger partial charge on any atom is -0.744 e. The van der Waals surface area contributed by atoms with E-state index in [2.05, 4.69) is 99.3 Å². The maximum Gasteiger partial charge on any atom is 0.145 e. The van der Waals surface area contributed by atoms with Crippen molar-refractivity contribution in [1.29, 1.82) is 0 Å². The Kier molecular flexibility index (Phi) is 8.70. The van der Waals surface area contributed by atoms with Crippen LogP contribution in [-0.4, -0.2) is 27.1 Å². The summed E-state index contributed by atoms with van der Waals surface area (Å²) in [6.45, 7) is 4.09. The van der Waals surface area contributed by atoms with E-state index in [1.165, 1.54) is 58.3 Å². The van der Waals surface area contributed by atoms with Crippen LogP contribution >= 0.6 is 0 Å². The van der Waals surface area contributed by atoms with Gasteiger partial charge in [-0.1, -0.05) is 73.5 Å². The molecule has 202 valence electrons. The fraction of sp³-hybridized carbons (Fsp3) is 0.212. The number of aryl methyl sites for hydroxylation is 1. The molecule has 1 heterocycles. The molecular weight excluding hydrogens is 504 g/mol. The monoisotopic (exact) mass is 540 g/mol. The molecule has 0 aromatic heterocycles. The number of quaternary nitrogens is 1. The molecule has 1 N–H and O–H groups in total. The van der Waals surface area contributed by atoms with Gasteiger partial charge in [0.2, 0.25) is 0 Å². The Labute approximate surface area is 232 Å². The smallest absolute Gasteiger partial charge is 0.145 e. The summed E-state index contributed by atoms with van der Waals surface area (Å²) in [5, 5.41) is 6.12. The van der Waals surface area contributed by atoms with Crippen LogP contribution in [0.4, 0.5) is 11.4 Å². The van der Waals surface area contributed by atoms with Gasteiger partial charge in [0.05, 0.1) is 24.6 Å². The van der Waals surface area contributed by atoms with Crippen LogP contribution in [0.2, 0.25) is 0 Å². The van der Waals surface area contributed by atoms with Crippen molar-refractivity contribution in [2.24, 2.45) is 0 Å². The first kappa shape index (κ1) is 28.3. The molecule has 5 nitrogen and oxygen atoms in total. The van der Waals surface area contributed by atoms with Gasteiger partial charge in [0.15, 0.2) is 0 Å². The third-order valence-electron chi connectivity index (χ3n) is 7.08. The predicted octanol–water partition coefficient (Wildman–Crippen LogP) is 7.85. The summed E-state index contributed by atoms with van der Waals surface area (Å²) >= 11 is 0. The molecule has 39 heavy (non-hydrogen) atoms. The minimum atomic E-state index is -4.27. The number of hydrogen-bond donors (Lipinski definition) is 1. The summed E-state index contributed by atoms with van der Waals surface area (Å²) in [5.41, 5.74) is 7.74. The molecule has 1 aliphatic heterocycles. The fourth-order valence-electron chi connectivity index (χ4n) is 4.99. The molecule has 0 aliphatic carbocycles. The molecule has 6 heteroatoms. The molecule has 1 aliphatic rings. The van der Waals surface area contributed by atoms with Crippen molar-refractivity contribution >= 4 is 37.8 Å². The van der Waals surface area contributed by atoms with Gasteiger partial charge in [-0.15, -0.1) is 0 Å². The largest absolute Gasteiger partial charge is 0.744 e. The van der Waals surface area contributed by atoms with E-state index in [1.807, 2.05) is 13.0 Å². The maximum absolute atomic E-state index is 10.4. The van der Waals surface area contributed by atoms with E-state index in [4.69, 9.17) is 0 Å². The second kappa shape index (κ2) is 12.0. The van der Waals surface area contributed by atoms with E-state index in [-0.39, 0.29) is 4.90 Å². The third kappa shape index (κ3) is 6.48. The van der Waals surface area contributed by atoms with Crippen LogP contribution in [0.1, 0.15) is 37.3 Å². The zero-order valence-corrected chi connectivity index (χ0v) is 23.8. The molecule has 0 amide bonds. The summed E-state index contributed by atoms with van der Waals surface area (Å²) in [4.78, 5) is -0.178. The number of allylic oxidation sites excluding steroid dienone is 2.